The van der Waals surface area contributed by atoms with Gasteiger partial charge in [-0.15, -0.1) is 0 Å². The van der Waals surface area contributed by atoms with Crippen LogP contribution >= 0.6 is 15.9 Å². The third kappa shape index (κ3) is 2.15. The smallest absolute Gasteiger partial charge is 0.306 e. The molecule has 2 atom stereocenters. The molecule has 0 bridgehead atoms. The van der Waals surface area contributed by atoms with Gasteiger partial charge in [0.1, 0.15) is 0 Å². The maximum Gasteiger partial charge on any atom is 0.306 e. The van der Waals surface area contributed by atoms with Gasteiger partial charge in [-0.25, -0.2) is 0 Å². The van der Waals surface area contributed by atoms with Crippen molar-refractivity contribution in [2.45, 2.75) is 12.8 Å². The summed E-state index contributed by atoms with van der Waals surface area (Å²) in [4.78, 5) is 10.6. The zero-order valence-corrected chi connectivity index (χ0v) is 9.20. The van der Waals surface area contributed by atoms with Gasteiger partial charge in [-0.3, -0.25) is 4.79 Å². The Kier molecular flexibility index (Phi) is 2.59. The Bertz CT molecular complexity index is 345. The number of halogens is 1. The SMILES string of the molecule is O=C(O)C1CC1Cc1ccc(Br)cc1. The second-order valence-electron chi connectivity index (χ2n) is 3.77. The highest BCUT2D eigenvalue weighted by molar-refractivity contribution is 9.10. The Hall–Kier alpha value is -0.830. The molecule has 0 aliphatic heterocycles. The molecule has 74 valence electrons. The van der Waals surface area contributed by atoms with Crippen LogP contribution < -0.4 is 0 Å². The minimum absolute atomic E-state index is 0.0985. The molecule has 0 aromatic heterocycles. The predicted octanol–water partition coefficient (Wildman–Crippen LogP) is 2.71. The van der Waals surface area contributed by atoms with E-state index < -0.39 is 5.97 Å². The van der Waals surface area contributed by atoms with Crippen LogP contribution in [0.4, 0.5) is 0 Å². The van der Waals surface area contributed by atoms with Crippen LogP contribution in [-0.4, -0.2) is 11.1 Å². The van der Waals surface area contributed by atoms with E-state index in [9.17, 15) is 4.79 Å². The van der Waals surface area contributed by atoms with Crippen molar-refractivity contribution in [3.63, 3.8) is 0 Å². The summed E-state index contributed by atoms with van der Waals surface area (Å²) in [5, 5.41) is 8.74. The van der Waals surface area contributed by atoms with Crippen LogP contribution in [0.5, 0.6) is 0 Å². The average Bonchev–Trinajstić information content (AvgIpc) is 2.88. The normalized spacial score (nSPS) is 24.6. The van der Waals surface area contributed by atoms with Crippen molar-refractivity contribution in [3.8, 4) is 0 Å². The van der Waals surface area contributed by atoms with Gasteiger partial charge in [0.25, 0.3) is 0 Å². The lowest BCUT2D eigenvalue weighted by Crippen LogP contribution is -2.00. The van der Waals surface area contributed by atoms with Crippen molar-refractivity contribution >= 4 is 21.9 Å². The monoisotopic (exact) mass is 254 g/mol. The maximum atomic E-state index is 10.6. The van der Waals surface area contributed by atoms with E-state index in [1.54, 1.807) is 0 Å². The van der Waals surface area contributed by atoms with E-state index in [1.165, 1.54) is 5.56 Å². The molecule has 1 aromatic rings. The number of rotatable bonds is 3. The van der Waals surface area contributed by atoms with E-state index in [0.29, 0.717) is 5.92 Å². The zero-order chi connectivity index (χ0) is 10.1. The summed E-state index contributed by atoms with van der Waals surface area (Å²) in [5.41, 5.74) is 1.22. The third-order valence-electron chi connectivity index (χ3n) is 2.65. The highest BCUT2D eigenvalue weighted by Crippen LogP contribution is 2.41. The Morgan fingerprint density at radius 2 is 2.07 bits per heavy atom. The number of carboxylic acids is 1. The Balaban J connectivity index is 1.94. The molecule has 2 unspecified atom stereocenters. The molecule has 0 saturated heterocycles. The second kappa shape index (κ2) is 3.73. The van der Waals surface area contributed by atoms with Gasteiger partial charge in [0.15, 0.2) is 0 Å². The fraction of sp³-hybridized carbons (Fsp3) is 0.364. The number of hydrogen-bond acceptors (Lipinski definition) is 1. The molecule has 0 amide bonds. The molecule has 0 spiro atoms. The topological polar surface area (TPSA) is 37.3 Å². The van der Waals surface area contributed by atoms with Crippen molar-refractivity contribution in [1.82, 2.24) is 0 Å². The lowest BCUT2D eigenvalue weighted by Gasteiger charge is -1.99. The van der Waals surface area contributed by atoms with Crippen LogP contribution in [0.25, 0.3) is 0 Å². The van der Waals surface area contributed by atoms with Gasteiger partial charge < -0.3 is 5.11 Å². The van der Waals surface area contributed by atoms with Crippen LogP contribution in [0.15, 0.2) is 28.7 Å². The summed E-state index contributed by atoms with van der Waals surface area (Å²) < 4.78 is 1.06. The van der Waals surface area contributed by atoms with Gasteiger partial charge in [0.05, 0.1) is 5.92 Å². The van der Waals surface area contributed by atoms with E-state index in [2.05, 4.69) is 15.9 Å². The van der Waals surface area contributed by atoms with E-state index in [-0.39, 0.29) is 5.92 Å². The standard InChI is InChI=1S/C11H11BrO2/c12-9-3-1-7(2-4-9)5-8-6-10(8)11(13)14/h1-4,8,10H,5-6H2,(H,13,14). The maximum absolute atomic E-state index is 10.6. The van der Waals surface area contributed by atoms with Crippen molar-refractivity contribution in [2.24, 2.45) is 11.8 Å². The quantitative estimate of drug-likeness (QED) is 0.901. The van der Waals surface area contributed by atoms with Crippen LogP contribution in [0.3, 0.4) is 0 Å². The minimum atomic E-state index is -0.646. The fourth-order valence-electron chi connectivity index (χ4n) is 1.70. The van der Waals surface area contributed by atoms with Crippen LogP contribution in [0, 0.1) is 11.8 Å². The highest BCUT2D eigenvalue weighted by Gasteiger charge is 2.42. The predicted molar refractivity (Wildman–Crippen MR) is 57.1 cm³/mol. The molecule has 3 heteroatoms. The van der Waals surface area contributed by atoms with Crippen molar-refractivity contribution in [1.29, 1.82) is 0 Å². The summed E-state index contributed by atoms with van der Waals surface area (Å²) in [7, 11) is 0. The van der Waals surface area contributed by atoms with Crippen molar-refractivity contribution in [2.75, 3.05) is 0 Å². The Morgan fingerprint density at radius 1 is 1.43 bits per heavy atom. The molecule has 14 heavy (non-hydrogen) atoms. The fourth-order valence-corrected chi connectivity index (χ4v) is 1.96. The Labute approximate surface area is 91.1 Å². The second-order valence-corrected chi connectivity index (χ2v) is 4.69. The lowest BCUT2D eigenvalue weighted by atomic mass is 10.1. The van der Waals surface area contributed by atoms with Gasteiger partial charge in [0, 0.05) is 4.47 Å². The largest absolute Gasteiger partial charge is 0.481 e. The zero-order valence-electron chi connectivity index (χ0n) is 7.61. The van der Waals surface area contributed by atoms with Gasteiger partial charge in [-0.1, -0.05) is 28.1 Å². The number of carbonyl (C=O) groups is 1. The lowest BCUT2D eigenvalue weighted by molar-refractivity contribution is -0.138. The minimum Gasteiger partial charge on any atom is -0.481 e. The molecule has 2 rings (SSSR count). The number of aliphatic carboxylic acids is 1. The summed E-state index contributed by atoms with van der Waals surface area (Å²) >= 11 is 3.37. The van der Waals surface area contributed by atoms with Crippen LogP contribution in [0.2, 0.25) is 0 Å². The summed E-state index contributed by atoms with van der Waals surface area (Å²) in [5.74, 6) is -0.389. The summed E-state index contributed by atoms with van der Waals surface area (Å²) in [6.45, 7) is 0. The number of carboxylic acid groups (broad SMARTS) is 1. The van der Waals surface area contributed by atoms with E-state index in [4.69, 9.17) is 5.11 Å². The first-order valence-corrected chi connectivity index (χ1v) is 5.43. The first-order valence-electron chi connectivity index (χ1n) is 4.64. The van der Waals surface area contributed by atoms with Gasteiger partial charge >= 0.3 is 5.97 Å². The average molecular weight is 255 g/mol. The van der Waals surface area contributed by atoms with Crippen molar-refractivity contribution < 1.29 is 9.90 Å². The first kappa shape index (κ1) is 9.71. The molecule has 1 aliphatic carbocycles. The molecule has 0 radical (unpaired) electrons. The molecule has 1 fully saturated rings. The van der Waals surface area contributed by atoms with E-state index >= 15 is 0 Å². The van der Waals surface area contributed by atoms with E-state index in [0.717, 1.165) is 17.3 Å². The van der Waals surface area contributed by atoms with Gasteiger partial charge in [-0.05, 0) is 36.5 Å². The summed E-state index contributed by atoms with van der Waals surface area (Å²) in [6, 6.07) is 8.07. The molecule has 2 nitrogen and oxygen atoms in total. The van der Waals surface area contributed by atoms with Crippen LogP contribution in [0.1, 0.15) is 12.0 Å². The molecule has 1 aromatic carbocycles. The molecular formula is C11H11BrO2. The number of benzene rings is 1. The van der Waals surface area contributed by atoms with E-state index in [1.807, 2.05) is 24.3 Å². The first-order chi connectivity index (χ1) is 6.66. The van der Waals surface area contributed by atoms with Gasteiger partial charge in [-0.2, -0.15) is 0 Å². The van der Waals surface area contributed by atoms with Gasteiger partial charge in [0.2, 0.25) is 0 Å². The van der Waals surface area contributed by atoms with Crippen molar-refractivity contribution in [3.05, 3.63) is 34.3 Å². The molecule has 1 saturated carbocycles. The molecule has 1 N–H and O–H groups in total. The summed E-state index contributed by atoms with van der Waals surface area (Å²) in [6.07, 6.45) is 1.73. The Morgan fingerprint density at radius 3 is 2.57 bits per heavy atom. The molecular weight excluding hydrogens is 244 g/mol. The number of hydrogen-bond donors (Lipinski definition) is 1. The van der Waals surface area contributed by atoms with Crippen LogP contribution in [-0.2, 0) is 11.2 Å². The highest BCUT2D eigenvalue weighted by atomic mass is 79.9. The third-order valence-corrected chi connectivity index (χ3v) is 3.18. The molecule has 1 aliphatic rings. The molecule has 0 heterocycles.